The molecular weight excluding hydrogens is 1550 g/mol. The SMILES string of the molecule is CC(=O)[C@H](CCCCNC(=O)COCCOCCNC(=O)COCCOCCCC(=O)CC[C@H](NC(=O)CCCCCCCCCOc1ccc(C(=O)O)cc1)C(=O)O)CC(=O)[C@@H](C)CCCCNC(=O)COCCOCCCC(=O)COCCOCCNC(=O)CC[C@H](CC(=O)CCCCCCCCCOc1ccc(C(=O)O)cc1)C(=O)O. The summed E-state index contributed by atoms with van der Waals surface area (Å²) in [6, 6.07) is 11.4. The number of aromatic carboxylic acids is 2. The highest BCUT2D eigenvalue weighted by Gasteiger charge is 2.25. The molecule has 0 heterocycles. The first-order chi connectivity index (χ1) is 57.4. The third-order valence-corrected chi connectivity index (χ3v) is 19.1. The number of nitrogens with one attached hydrogen (secondary N) is 5. The van der Waals surface area contributed by atoms with E-state index in [1.54, 1.807) is 24.3 Å². The van der Waals surface area contributed by atoms with E-state index in [1.807, 2.05) is 6.92 Å². The van der Waals surface area contributed by atoms with E-state index in [0.29, 0.717) is 115 Å². The van der Waals surface area contributed by atoms with Gasteiger partial charge in [0.15, 0.2) is 5.78 Å². The van der Waals surface area contributed by atoms with Gasteiger partial charge in [-0.25, -0.2) is 14.4 Å². The molecule has 0 radical (unpaired) electrons. The molecule has 0 bridgehead atoms. The van der Waals surface area contributed by atoms with Crippen LogP contribution in [0, 0.1) is 17.8 Å². The molecule has 119 heavy (non-hydrogen) atoms. The van der Waals surface area contributed by atoms with Crippen LogP contribution in [0.4, 0.5) is 0 Å². The summed E-state index contributed by atoms with van der Waals surface area (Å²) in [5, 5.41) is 50.7. The minimum Gasteiger partial charge on any atom is -0.494 e. The molecule has 5 amide bonds. The van der Waals surface area contributed by atoms with Crippen LogP contribution in [0.2, 0.25) is 0 Å². The van der Waals surface area contributed by atoms with Crippen molar-refractivity contribution in [3.05, 3.63) is 59.7 Å². The molecule has 0 unspecified atom stereocenters. The highest BCUT2D eigenvalue weighted by molar-refractivity contribution is 5.90. The Morgan fingerprint density at radius 1 is 0.311 bits per heavy atom. The van der Waals surface area contributed by atoms with Gasteiger partial charge in [-0.1, -0.05) is 84.0 Å². The zero-order valence-corrected chi connectivity index (χ0v) is 70.2. The number of benzene rings is 2. The van der Waals surface area contributed by atoms with E-state index in [0.717, 1.165) is 77.0 Å². The normalized spacial score (nSPS) is 12.2. The second kappa shape index (κ2) is 71.1. The number of rotatable bonds is 83. The number of carbonyl (C=O) groups excluding carboxylic acids is 10. The summed E-state index contributed by atoms with van der Waals surface area (Å²) in [5.41, 5.74) is 0.413. The van der Waals surface area contributed by atoms with Gasteiger partial charge in [-0.2, -0.15) is 0 Å². The number of hydrogen-bond donors (Lipinski definition) is 9. The number of amides is 5. The number of aliphatic carboxylic acids is 2. The molecule has 0 fully saturated rings. The van der Waals surface area contributed by atoms with Gasteiger partial charge in [0.1, 0.15) is 67.1 Å². The molecule has 33 heteroatoms. The lowest BCUT2D eigenvalue weighted by atomic mass is 9.87. The van der Waals surface area contributed by atoms with E-state index in [1.165, 1.54) is 31.2 Å². The number of carboxylic acid groups (broad SMARTS) is 4. The van der Waals surface area contributed by atoms with Crippen LogP contribution in [0.15, 0.2) is 48.5 Å². The fourth-order valence-corrected chi connectivity index (χ4v) is 12.0. The molecule has 0 aliphatic rings. The Hall–Kier alpha value is -8.70. The van der Waals surface area contributed by atoms with Crippen LogP contribution in [-0.2, 0) is 95.4 Å². The summed E-state index contributed by atoms with van der Waals surface area (Å²) < 4.78 is 54.7. The van der Waals surface area contributed by atoms with Crippen molar-refractivity contribution in [3.8, 4) is 11.5 Å². The first-order valence-electron chi connectivity index (χ1n) is 42.4. The summed E-state index contributed by atoms with van der Waals surface area (Å²) in [4.78, 5) is 170. The number of carbonyl (C=O) groups is 14. The standard InChI is InChI=1S/C86H135N5O28/c1-65(23-15-17-41-87-80(99)62-115-56-52-111-46-22-27-73(95)61-114-55-53-112-49-43-89-78(97)40-33-70(85(106)107)59-72(94)25-13-9-5-3-7-11-19-47-118-74-35-29-67(30-36-74)83(102)103)77(96)60-69(66(2)92)24-16-18-42-88-81(100)63-117-58-54-113-50-44-90-82(101)64-116-57-51-110-45-21-26-71(93)34-39-76(86(108)109)91-79(98)28-14-10-6-4-8-12-20-48-119-75-37-31-68(32-38-75)84(104)105/h29-32,35-38,65,69-70,76H,3-28,33-34,39-64H2,1-2H3,(H,87,99)(H,88,100)(H,89,97)(H,90,101)(H,91,98)(H,102,103)(H,104,105)(H,106,107)(H,108,109)/t65-,69+,70+,76-/m0/s1. The molecule has 2 rings (SSSR count). The van der Waals surface area contributed by atoms with Crippen molar-refractivity contribution in [2.24, 2.45) is 17.8 Å². The van der Waals surface area contributed by atoms with Crippen LogP contribution in [0.25, 0.3) is 0 Å². The van der Waals surface area contributed by atoms with E-state index >= 15 is 0 Å². The van der Waals surface area contributed by atoms with Crippen LogP contribution < -0.4 is 36.1 Å². The quantitative estimate of drug-likeness (QED) is 0.0279. The third kappa shape index (κ3) is 61.3. The summed E-state index contributed by atoms with van der Waals surface area (Å²) in [5.74, 6) is -6.72. The van der Waals surface area contributed by atoms with Crippen LogP contribution in [-0.4, -0.2) is 254 Å². The fourth-order valence-electron chi connectivity index (χ4n) is 12.0. The average molecular weight is 1690 g/mol. The van der Waals surface area contributed by atoms with Gasteiger partial charge in [0.25, 0.3) is 0 Å². The first-order valence-corrected chi connectivity index (χ1v) is 42.4. The minimum atomic E-state index is -1.20. The maximum Gasteiger partial charge on any atom is 0.335 e. The second-order valence-electron chi connectivity index (χ2n) is 29.3. The van der Waals surface area contributed by atoms with Crippen molar-refractivity contribution in [1.82, 2.24) is 26.6 Å². The van der Waals surface area contributed by atoms with Crippen molar-refractivity contribution in [2.45, 2.75) is 225 Å². The van der Waals surface area contributed by atoms with Crippen LogP contribution in [0.5, 0.6) is 11.5 Å². The Balaban J connectivity index is 1.33. The number of ketones is 5. The zero-order chi connectivity index (χ0) is 87.1. The number of hydrogen-bond acceptors (Lipinski definition) is 24. The van der Waals surface area contributed by atoms with Crippen molar-refractivity contribution < 1.29 is 135 Å². The molecule has 2 aromatic rings. The molecule has 0 spiro atoms. The van der Waals surface area contributed by atoms with Gasteiger partial charge in [-0.05, 0) is 133 Å². The Morgan fingerprint density at radius 3 is 1.18 bits per heavy atom. The summed E-state index contributed by atoms with van der Waals surface area (Å²) in [6.07, 6.45) is 18.2. The van der Waals surface area contributed by atoms with Crippen molar-refractivity contribution in [3.63, 3.8) is 0 Å². The average Bonchev–Trinajstić information content (AvgIpc) is 0.905. The van der Waals surface area contributed by atoms with Crippen LogP contribution in [0.1, 0.15) is 240 Å². The second-order valence-corrected chi connectivity index (χ2v) is 29.3. The predicted molar refractivity (Wildman–Crippen MR) is 438 cm³/mol. The van der Waals surface area contributed by atoms with Gasteiger partial charge in [0.05, 0.1) is 96.3 Å². The van der Waals surface area contributed by atoms with Crippen LogP contribution >= 0.6 is 0 Å². The summed E-state index contributed by atoms with van der Waals surface area (Å²) >= 11 is 0. The first kappa shape index (κ1) is 106. The van der Waals surface area contributed by atoms with Gasteiger partial charge < -0.3 is 94.4 Å². The topological polar surface area (TPSA) is 472 Å². The number of Topliss-reactive ketones (excluding diaryl/α,β-unsaturated/α-hetero) is 5. The lowest BCUT2D eigenvalue weighted by Crippen LogP contribution is -2.41. The molecule has 0 saturated carbocycles. The Bertz CT molecular complexity index is 3210. The van der Waals surface area contributed by atoms with E-state index in [2.05, 4.69) is 26.6 Å². The molecule has 0 aliphatic carbocycles. The van der Waals surface area contributed by atoms with Gasteiger partial charge in [-0.15, -0.1) is 0 Å². The van der Waals surface area contributed by atoms with Crippen molar-refractivity contribution in [1.29, 1.82) is 0 Å². The lowest BCUT2D eigenvalue weighted by molar-refractivity contribution is -0.144. The van der Waals surface area contributed by atoms with Crippen molar-refractivity contribution in [2.75, 3.05) is 145 Å². The Morgan fingerprint density at radius 2 is 0.714 bits per heavy atom. The van der Waals surface area contributed by atoms with Gasteiger partial charge in [-0.3, -0.25) is 52.7 Å². The molecular formula is C86H135N5O28. The lowest BCUT2D eigenvalue weighted by Gasteiger charge is -2.16. The van der Waals surface area contributed by atoms with Crippen LogP contribution in [0.3, 0.4) is 0 Å². The van der Waals surface area contributed by atoms with Crippen molar-refractivity contribution >= 4 is 82.3 Å². The van der Waals surface area contributed by atoms with Gasteiger partial charge >= 0.3 is 23.9 Å². The maximum absolute atomic E-state index is 13.1. The van der Waals surface area contributed by atoms with E-state index in [-0.39, 0.29) is 245 Å². The Kier molecular flexibility index (Phi) is 63.5. The molecule has 9 N–H and O–H groups in total. The van der Waals surface area contributed by atoms with Gasteiger partial charge in [0.2, 0.25) is 29.5 Å². The number of unbranched alkanes of at least 4 members (excludes halogenated alkanes) is 14. The number of carboxylic acids is 4. The molecule has 4 atom stereocenters. The van der Waals surface area contributed by atoms with E-state index in [4.69, 9.17) is 57.6 Å². The monoisotopic (exact) mass is 1690 g/mol. The molecule has 0 aromatic heterocycles. The third-order valence-electron chi connectivity index (χ3n) is 19.1. The predicted octanol–water partition coefficient (Wildman–Crippen LogP) is 9.01. The maximum atomic E-state index is 13.1. The fraction of sp³-hybridized carbons (Fsp3) is 0.698. The zero-order valence-electron chi connectivity index (χ0n) is 70.2. The molecule has 33 nitrogen and oxygen atoms in total. The Labute approximate surface area is 700 Å². The largest absolute Gasteiger partial charge is 0.494 e. The molecule has 0 aliphatic heterocycles. The smallest absolute Gasteiger partial charge is 0.335 e. The summed E-state index contributed by atoms with van der Waals surface area (Å²) in [7, 11) is 0. The van der Waals surface area contributed by atoms with E-state index in [9.17, 15) is 77.3 Å². The molecule has 0 saturated heterocycles. The molecule has 2 aromatic carbocycles. The molecule has 672 valence electrons. The van der Waals surface area contributed by atoms with Gasteiger partial charge in [0, 0.05) is 103 Å². The summed E-state index contributed by atoms with van der Waals surface area (Å²) in [6.45, 7) is 7.46. The highest BCUT2D eigenvalue weighted by atomic mass is 16.5. The minimum absolute atomic E-state index is 0.000198. The van der Waals surface area contributed by atoms with E-state index < -0.39 is 41.8 Å². The number of ether oxygens (including phenoxy) is 10. The highest BCUT2D eigenvalue weighted by Crippen LogP contribution is 2.22.